The number of benzene rings is 2. The highest BCUT2D eigenvalue weighted by Gasteiger charge is 2.21. The van der Waals surface area contributed by atoms with Crippen molar-refractivity contribution in [3.8, 4) is 17.0 Å². The molecule has 29 heavy (non-hydrogen) atoms. The monoisotopic (exact) mass is 388 g/mol. The zero-order valence-electron chi connectivity index (χ0n) is 16.6. The second-order valence-electron chi connectivity index (χ2n) is 7.10. The van der Waals surface area contributed by atoms with Gasteiger partial charge in [-0.2, -0.15) is 0 Å². The Labute approximate surface area is 170 Å². The Morgan fingerprint density at radius 1 is 1.17 bits per heavy atom. The van der Waals surface area contributed by atoms with Crippen LogP contribution in [-0.4, -0.2) is 31.2 Å². The number of amides is 1. The fraction of sp³-hybridized carbons (Fsp3) is 0.250. The van der Waals surface area contributed by atoms with E-state index in [1.54, 1.807) is 13.2 Å². The van der Waals surface area contributed by atoms with Crippen LogP contribution in [0.3, 0.4) is 0 Å². The summed E-state index contributed by atoms with van der Waals surface area (Å²) in [4.78, 5) is 17.4. The van der Waals surface area contributed by atoms with Crippen LogP contribution >= 0.6 is 0 Å². The minimum Gasteiger partial charge on any atom is -0.494 e. The fourth-order valence-corrected chi connectivity index (χ4v) is 3.66. The third-order valence-electron chi connectivity index (χ3n) is 5.16. The largest absolute Gasteiger partial charge is 0.494 e. The Morgan fingerprint density at radius 2 is 2.03 bits per heavy atom. The van der Waals surface area contributed by atoms with E-state index in [2.05, 4.69) is 22.4 Å². The van der Waals surface area contributed by atoms with E-state index in [0.29, 0.717) is 24.5 Å². The zero-order chi connectivity index (χ0) is 20.2. The minimum atomic E-state index is -0.134. The van der Waals surface area contributed by atoms with Gasteiger partial charge in [-0.15, -0.1) is 0 Å². The molecule has 0 saturated carbocycles. The van der Waals surface area contributed by atoms with Crippen LogP contribution in [0.1, 0.15) is 33.3 Å². The second kappa shape index (κ2) is 8.45. The third-order valence-corrected chi connectivity index (χ3v) is 5.16. The first kappa shape index (κ1) is 19.2. The van der Waals surface area contributed by atoms with E-state index in [1.165, 1.54) is 5.56 Å². The van der Waals surface area contributed by atoms with E-state index in [9.17, 15) is 4.79 Å². The van der Waals surface area contributed by atoms with Gasteiger partial charge in [0.2, 0.25) is 0 Å². The summed E-state index contributed by atoms with van der Waals surface area (Å²) >= 11 is 0. The van der Waals surface area contributed by atoms with Gasteiger partial charge in [0.1, 0.15) is 17.5 Å². The van der Waals surface area contributed by atoms with Gasteiger partial charge in [-0.3, -0.25) is 4.79 Å². The number of methoxy groups -OCH3 is 1. The molecule has 2 heterocycles. The highest BCUT2D eigenvalue weighted by Crippen LogP contribution is 2.29. The molecular formula is C24H24N2O3. The average Bonchev–Trinajstić information content (AvgIpc) is 2.77. The van der Waals surface area contributed by atoms with Crippen molar-refractivity contribution in [3.05, 3.63) is 83.0 Å². The predicted molar refractivity (Wildman–Crippen MR) is 112 cm³/mol. The quantitative estimate of drug-likeness (QED) is 0.715. The van der Waals surface area contributed by atoms with Crippen LogP contribution in [0.5, 0.6) is 5.75 Å². The van der Waals surface area contributed by atoms with Crippen LogP contribution in [0.2, 0.25) is 0 Å². The first-order valence-electron chi connectivity index (χ1n) is 9.75. The molecule has 1 aliphatic heterocycles. The number of nitrogens with zero attached hydrogens (tertiary/aromatic N) is 1. The van der Waals surface area contributed by atoms with Gasteiger partial charge in [0, 0.05) is 23.4 Å². The topological polar surface area (TPSA) is 60.5 Å². The fourth-order valence-electron chi connectivity index (χ4n) is 3.66. The molecule has 1 N–H and O–H groups in total. The number of nitrogens with one attached hydrogen (secondary N) is 1. The van der Waals surface area contributed by atoms with Gasteiger partial charge in [-0.1, -0.05) is 36.4 Å². The zero-order valence-corrected chi connectivity index (χ0v) is 16.6. The second-order valence-corrected chi connectivity index (χ2v) is 7.10. The molecule has 2 aromatic carbocycles. The van der Waals surface area contributed by atoms with E-state index < -0.39 is 0 Å². The molecule has 0 radical (unpaired) electrons. The molecule has 5 nitrogen and oxygen atoms in total. The van der Waals surface area contributed by atoms with E-state index >= 15 is 0 Å². The van der Waals surface area contributed by atoms with Gasteiger partial charge in [0.15, 0.2) is 0 Å². The molecule has 1 aliphatic rings. The van der Waals surface area contributed by atoms with Crippen molar-refractivity contribution in [2.75, 3.05) is 20.3 Å². The Balaban J connectivity index is 1.51. The first-order valence-corrected chi connectivity index (χ1v) is 9.75. The SMILES string of the molecule is COc1ccc(C)nc1-c1cccc(C(=O)NC[C@@H]2OCCc3ccccc32)c1. The van der Waals surface area contributed by atoms with Crippen LogP contribution in [0.15, 0.2) is 60.7 Å². The lowest BCUT2D eigenvalue weighted by atomic mass is 9.97. The highest BCUT2D eigenvalue weighted by atomic mass is 16.5. The van der Waals surface area contributed by atoms with Gasteiger partial charge in [0.05, 0.1) is 13.7 Å². The number of ether oxygens (including phenoxy) is 2. The van der Waals surface area contributed by atoms with Gasteiger partial charge >= 0.3 is 0 Å². The number of rotatable bonds is 5. The summed E-state index contributed by atoms with van der Waals surface area (Å²) in [6, 6.07) is 19.5. The van der Waals surface area contributed by atoms with Crippen molar-refractivity contribution in [1.29, 1.82) is 0 Å². The molecule has 0 spiro atoms. The minimum absolute atomic E-state index is 0.120. The number of carbonyl (C=O) groups excluding carboxylic acids is 1. The Bertz CT molecular complexity index is 1030. The first-order chi connectivity index (χ1) is 14.2. The number of pyridine rings is 1. The summed E-state index contributed by atoms with van der Waals surface area (Å²) in [5.41, 5.74) is 5.49. The smallest absolute Gasteiger partial charge is 0.251 e. The maximum atomic E-state index is 12.8. The third kappa shape index (κ3) is 4.15. The van der Waals surface area contributed by atoms with Crippen LogP contribution in [0.4, 0.5) is 0 Å². The van der Waals surface area contributed by atoms with E-state index in [0.717, 1.165) is 28.9 Å². The van der Waals surface area contributed by atoms with Gasteiger partial charge < -0.3 is 14.8 Å². The molecule has 5 heteroatoms. The number of hydrogen-bond acceptors (Lipinski definition) is 4. The maximum Gasteiger partial charge on any atom is 0.251 e. The average molecular weight is 388 g/mol. The number of carbonyl (C=O) groups is 1. The van der Waals surface area contributed by atoms with Gasteiger partial charge in [0.25, 0.3) is 5.91 Å². The Morgan fingerprint density at radius 3 is 2.90 bits per heavy atom. The molecule has 4 rings (SSSR count). The molecule has 0 unspecified atom stereocenters. The number of hydrogen-bond donors (Lipinski definition) is 1. The molecule has 0 saturated heterocycles. The van der Waals surface area contributed by atoms with Crippen LogP contribution in [0, 0.1) is 6.92 Å². The summed E-state index contributed by atoms with van der Waals surface area (Å²) in [6.45, 7) is 3.04. The number of aryl methyl sites for hydroxylation is 1. The van der Waals surface area contributed by atoms with Crippen LogP contribution in [-0.2, 0) is 11.2 Å². The van der Waals surface area contributed by atoms with Crippen molar-refractivity contribution in [2.24, 2.45) is 0 Å². The lowest BCUT2D eigenvalue weighted by Gasteiger charge is -2.26. The maximum absolute atomic E-state index is 12.8. The van der Waals surface area contributed by atoms with Crippen molar-refractivity contribution >= 4 is 5.91 Å². The molecular weight excluding hydrogens is 364 g/mol. The molecule has 1 aromatic heterocycles. The van der Waals surface area contributed by atoms with E-state index in [1.807, 2.05) is 49.4 Å². The molecule has 148 valence electrons. The van der Waals surface area contributed by atoms with Crippen LogP contribution in [0.25, 0.3) is 11.3 Å². The molecule has 1 atom stereocenters. The van der Waals surface area contributed by atoms with Gasteiger partial charge in [-0.05, 0) is 48.7 Å². The molecule has 0 fully saturated rings. The van der Waals surface area contributed by atoms with E-state index in [4.69, 9.17) is 9.47 Å². The summed E-state index contributed by atoms with van der Waals surface area (Å²) in [5.74, 6) is 0.547. The standard InChI is InChI=1S/C24H24N2O3/c1-16-10-11-21(28-2)23(26-16)18-7-5-8-19(14-18)24(27)25-15-22-20-9-4-3-6-17(20)12-13-29-22/h3-11,14,22H,12-13,15H2,1-2H3,(H,25,27)/t22-/m0/s1. The van der Waals surface area contributed by atoms with Crippen molar-refractivity contribution in [2.45, 2.75) is 19.4 Å². The Kier molecular flexibility index (Phi) is 5.58. The summed E-state index contributed by atoms with van der Waals surface area (Å²) < 4.78 is 11.3. The van der Waals surface area contributed by atoms with Crippen LogP contribution < -0.4 is 10.1 Å². The van der Waals surface area contributed by atoms with Gasteiger partial charge in [-0.25, -0.2) is 4.98 Å². The lowest BCUT2D eigenvalue weighted by Crippen LogP contribution is -2.31. The summed E-state index contributed by atoms with van der Waals surface area (Å²) in [5, 5.41) is 3.01. The predicted octanol–water partition coefficient (Wildman–Crippen LogP) is 4.11. The molecule has 0 bridgehead atoms. The molecule has 1 amide bonds. The van der Waals surface area contributed by atoms with Crippen molar-refractivity contribution in [3.63, 3.8) is 0 Å². The Hall–Kier alpha value is -3.18. The molecule has 3 aromatic rings. The number of fused-ring (bicyclic) bond motifs is 1. The van der Waals surface area contributed by atoms with Crippen molar-refractivity contribution < 1.29 is 14.3 Å². The van der Waals surface area contributed by atoms with E-state index in [-0.39, 0.29) is 12.0 Å². The normalized spacial score (nSPS) is 15.4. The molecule has 0 aliphatic carbocycles. The lowest BCUT2D eigenvalue weighted by molar-refractivity contribution is 0.0411. The highest BCUT2D eigenvalue weighted by molar-refractivity contribution is 5.95. The summed E-state index contributed by atoms with van der Waals surface area (Å²) in [6.07, 6.45) is 0.791. The summed E-state index contributed by atoms with van der Waals surface area (Å²) in [7, 11) is 1.62. The van der Waals surface area contributed by atoms with Crippen molar-refractivity contribution in [1.82, 2.24) is 10.3 Å². The number of aromatic nitrogens is 1.